The van der Waals surface area contributed by atoms with Crippen molar-refractivity contribution in [3.8, 4) is 5.75 Å². The van der Waals surface area contributed by atoms with Crippen molar-refractivity contribution in [3.63, 3.8) is 0 Å². The topological polar surface area (TPSA) is 45.7 Å². The second kappa shape index (κ2) is 10.9. The van der Waals surface area contributed by atoms with Crippen LogP contribution in [0.4, 0.5) is 8.78 Å². The summed E-state index contributed by atoms with van der Waals surface area (Å²) in [7, 11) is 1.66. The van der Waals surface area contributed by atoms with E-state index in [2.05, 4.69) is 20.4 Å². The van der Waals surface area contributed by atoms with E-state index in [4.69, 9.17) is 0 Å². The van der Waals surface area contributed by atoms with Crippen molar-refractivity contribution in [3.05, 3.63) is 65.2 Å². The number of ether oxygens (including phenoxy) is 1. The smallest absolute Gasteiger partial charge is 0.387 e. The van der Waals surface area contributed by atoms with Crippen LogP contribution in [0.25, 0.3) is 0 Å². The lowest BCUT2D eigenvalue weighted by Gasteiger charge is -2.15. The average molecular weight is 461 g/mol. The van der Waals surface area contributed by atoms with Gasteiger partial charge in [-0.3, -0.25) is 4.99 Å². The van der Waals surface area contributed by atoms with Gasteiger partial charge in [-0.2, -0.15) is 8.78 Å². The van der Waals surface area contributed by atoms with Crippen LogP contribution in [0.3, 0.4) is 0 Å². The number of alkyl halides is 2. The molecule has 0 aliphatic heterocycles. The molecular weight excluding hydrogens is 439 g/mol. The maximum atomic E-state index is 12.4. The van der Waals surface area contributed by atoms with E-state index >= 15 is 0 Å². The Hall–Kier alpha value is -1.90. The molecule has 2 N–H and O–H groups in total. The van der Waals surface area contributed by atoms with Crippen LogP contribution in [0.5, 0.6) is 5.75 Å². The zero-order valence-electron chi connectivity index (χ0n) is 14.1. The molecule has 0 aliphatic rings. The van der Waals surface area contributed by atoms with Crippen molar-refractivity contribution >= 4 is 29.9 Å². The van der Waals surface area contributed by atoms with E-state index in [1.807, 2.05) is 31.2 Å². The van der Waals surface area contributed by atoms with Crippen LogP contribution < -0.4 is 15.4 Å². The molecule has 4 nitrogen and oxygen atoms in total. The highest BCUT2D eigenvalue weighted by atomic mass is 127. The molecule has 0 atom stereocenters. The number of para-hydroxylation sites is 1. The third kappa shape index (κ3) is 6.85. The zero-order chi connectivity index (χ0) is 17.4. The van der Waals surface area contributed by atoms with Gasteiger partial charge in [-0.05, 0) is 24.1 Å². The van der Waals surface area contributed by atoms with Crippen LogP contribution in [0.1, 0.15) is 16.7 Å². The minimum atomic E-state index is -2.84. The predicted octanol–water partition coefficient (Wildman–Crippen LogP) is 4.08. The highest BCUT2D eigenvalue weighted by Crippen LogP contribution is 2.19. The van der Waals surface area contributed by atoms with Gasteiger partial charge in [-0.1, -0.05) is 42.5 Å². The Morgan fingerprint density at radius 2 is 1.56 bits per heavy atom. The van der Waals surface area contributed by atoms with Gasteiger partial charge in [0, 0.05) is 25.7 Å². The summed E-state index contributed by atoms with van der Waals surface area (Å²) in [4.78, 5) is 4.14. The third-order valence-corrected chi connectivity index (χ3v) is 3.57. The average Bonchev–Trinajstić information content (AvgIpc) is 2.57. The highest BCUT2D eigenvalue weighted by Gasteiger charge is 2.09. The van der Waals surface area contributed by atoms with Crippen LogP contribution in [0, 0.1) is 6.92 Å². The summed E-state index contributed by atoms with van der Waals surface area (Å²) in [5, 5.41) is 6.31. The van der Waals surface area contributed by atoms with Gasteiger partial charge in [0.15, 0.2) is 5.96 Å². The van der Waals surface area contributed by atoms with Crippen molar-refractivity contribution in [1.29, 1.82) is 0 Å². The molecule has 0 unspecified atom stereocenters. The van der Waals surface area contributed by atoms with Crippen molar-refractivity contribution in [2.75, 3.05) is 7.05 Å². The van der Waals surface area contributed by atoms with E-state index in [0.717, 1.165) is 0 Å². The summed E-state index contributed by atoms with van der Waals surface area (Å²) in [5.41, 5.74) is 3.00. The molecule has 25 heavy (non-hydrogen) atoms. The maximum Gasteiger partial charge on any atom is 0.387 e. The molecule has 0 bridgehead atoms. The number of nitrogens with one attached hydrogen (secondary N) is 2. The molecule has 0 fully saturated rings. The minimum Gasteiger partial charge on any atom is -0.434 e. The van der Waals surface area contributed by atoms with Gasteiger partial charge in [-0.15, -0.1) is 24.0 Å². The van der Waals surface area contributed by atoms with Crippen LogP contribution in [-0.4, -0.2) is 19.6 Å². The SMILES string of the molecule is CN=C(NCc1ccccc1C)NCc1ccccc1OC(F)F.I. The fraction of sp³-hybridized carbons (Fsp3) is 0.278. The minimum absolute atomic E-state index is 0. The highest BCUT2D eigenvalue weighted by molar-refractivity contribution is 14.0. The molecule has 0 spiro atoms. The summed E-state index contributed by atoms with van der Waals surface area (Å²) in [6.45, 7) is 0.160. The largest absolute Gasteiger partial charge is 0.434 e. The fourth-order valence-electron chi connectivity index (χ4n) is 2.25. The number of guanidine groups is 1. The first-order valence-corrected chi connectivity index (χ1v) is 7.62. The Kier molecular flexibility index (Phi) is 9.18. The Labute approximate surface area is 163 Å². The molecule has 0 saturated carbocycles. The van der Waals surface area contributed by atoms with Crippen LogP contribution >= 0.6 is 24.0 Å². The molecule has 7 heteroatoms. The maximum absolute atomic E-state index is 12.4. The van der Waals surface area contributed by atoms with Crippen LogP contribution in [-0.2, 0) is 13.1 Å². The Morgan fingerprint density at radius 3 is 2.16 bits per heavy atom. The third-order valence-electron chi connectivity index (χ3n) is 3.57. The Balaban J connectivity index is 0.00000312. The lowest BCUT2D eigenvalue weighted by Crippen LogP contribution is -2.36. The first-order valence-electron chi connectivity index (χ1n) is 7.62. The molecule has 2 aromatic carbocycles. The number of hydrogen-bond donors (Lipinski definition) is 2. The van der Waals surface area contributed by atoms with Crippen molar-refractivity contribution in [2.45, 2.75) is 26.6 Å². The van der Waals surface area contributed by atoms with E-state index in [1.54, 1.807) is 25.2 Å². The number of nitrogens with zero attached hydrogens (tertiary/aromatic N) is 1. The van der Waals surface area contributed by atoms with Gasteiger partial charge in [0.25, 0.3) is 0 Å². The molecular formula is C18H22F2IN3O. The number of benzene rings is 2. The lowest BCUT2D eigenvalue weighted by atomic mass is 10.1. The standard InChI is InChI=1S/C18H21F2N3O.HI/c1-13-7-3-4-8-14(13)11-22-18(21-2)23-12-15-9-5-6-10-16(15)24-17(19)20;/h3-10,17H,11-12H2,1-2H3,(H2,21,22,23);1H. The van der Waals surface area contributed by atoms with Crippen LogP contribution in [0.15, 0.2) is 53.5 Å². The molecule has 0 aromatic heterocycles. The molecule has 2 rings (SSSR count). The van der Waals surface area contributed by atoms with Crippen molar-refractivity contribution in [1.82, 2.24) is 10.6 Å². The van der Waals surface area contributed by atoms with Gasteiger partial charge >= 0.3 is 6.61 Å². The summed E-state index contributed by atoms with van der Waals surface area (Å²) < 4.78 is 29.4. The summed E-state index contributed by atoms with van der Waals surface area (Å²) >= 11 is 0. The number of rotatable bonds is 6. The summed E-state index contributed by atoms with van der Waals surface area (Å²) in [5.74, 6) is 0.749. The summed E-state index contributed by atoms with van der Waals surface area (Å²) in [6.07, 6.45) is 0. The second-order valence-corrected chi connectivity index (χ2v) is 5.19. The molecule has 0 heterocycles. The Morgan fingerprint density at radius 1 is 1.00 bits per heavy atom. The molecule has 2 aromatic rings. The first-order chi connectivity index (χ1) is 11.6. The van der Waals surface area contributed by atoms with Crippen LogP contribution in [0.2, 0.25) is 0 Å². The zero-order valence-corrected chi connectivity index (χ0v) is 16.5. The molecule has 0 aliphatic carbocycles. The van der Waals surface area contributed by atoms with Gasteiger partial charge in [0.05, 0.1) is 0 Å². The molecule has 0 amide bonds. The monoisotopic (exact) mass is 461 g/mol. The normalized spacial score (nSPS) is 11.0. The number of hydrogen-bond acceptors (Lipinski definition) is 2. The van der Waals surface area contributed by atoms with Gasteiger partial charge in [-0.25, -0.2) is 0 Å². The van der Waals surface area contributed by atoms with E-state index in [9.17, 15) is 8.78 Å². The van der Waals surface area contributed by atoms with Gasteiger partial charge in [0.1, 0.15) is 5.75 Å². The number of halogens is 3. The van der Waals surface area contributed by atoms with Crippen molar-refractivity contribution in [2.24, 2.45) is 4.99 Å². The molecule has 0 saturated heterocycles. The number of aryl methyl sites for hydroxylation is 1. The van der Waals surface area contributed by atoms with Gasteiger partial charge in [0.2, 0.25) is 0 Å². The number of aliphatic imine (C=N–C) groups is 1. The quantitative estimate of drug-likeness (QED) is 0.387. The summed E-state index contributed by atoms with van der Waals surface area (Å²) in [6, 6.07) is 14.8. The van der Waals surface area contributed by atoms with E-state index in [0.29, 0.717) is 24.6 Å². The van der Waals surface area contributed by atoms with Gasteiger partial charge < -0.3 is 15.4 Å². The first kappa shape index (κ1) is 21.1. The lowest BCUT2D eigenvalue weighted by molar-refractivity contribution is -0.0504. The fourth-order valence-corrected chi connectivity index (χ4v) is 2.25. The second-order valence-electron chi connectivity index (χ2n) is 5.19. The molecule has 136 valence electrons. The van der Waals surface area contributed by atoms with E-state index in [-0.39, 0.29) is 29.7 Å². The predicted molar refractivity (Wildman–Crippen MR) is 107 cm³/mol. The molecule has 0 radical (unpaired) electrons. The van der Waals surface area contributed by atoms with Crippen molar-refractivity contribution < 1.29 is 13.5 Å². The van der Waals surface area contributed by atoms with E-state index < -0.39 is 6.61 Å². The van der Waals surface area contributed by atoms with E-state index in [1.165, 1.54) is 17.2 Å². The Bertz CT molecular complexity index is 696.